The first kappa shape index (κ1) is 12.6. The minimum absolute atomic E-state index is 0.0294. The molecule has 0 bridgehead atoms. The molecule has 0 amide bonds. The Morgan fingerprint density at radius 3 is 2.81 bits per heavy atom. The standard InChI is InChI=1S/C10H17FN4O/c1-3-4-15(5-6-16)9-8(11)7-13-10(12-2)14-9/h7,16H,3-6H2,1-2H3,(H,12,13,14). The number of halogens is 1. The van der Waals surface area contributed by atoms with Crippen molar-refractivity contribution >= 4 is 11.8 Å². The Balaban J connectivity index is 2.96. The van der Waals surface area contributed by atoms with Gasteiger partial charge in [0.05, 0.1) is 12.8 Å². The zero-order valence-corrected chi connectivity index (χ0v) is 9.57. The quantitative estimate of drug-likeness (QED) is 0.756. The molecule has 0 saturated carbocycles. The molecule has 90 valence electrons. The van der Waals surface area contributed by atoms with Crippen LogP contribution in [0.3, 0.4) is 0 Å². The predicted octanol–water partition coefficient (Wildman–Crippen LogP) is 0.866. The largest absolute Gasteiger partial charge is 0.395 e. The second-order valence-electron chi connectivity index (χ2n) is 3.33. The summed E-state index contributed by atoms with van der Waals surface area (Å²) in [6.07, 6.45) is 1.99. The lowest BCUT2D eigenvalue weighted by Crippen LogP contribution is -2.29. The SMILES string of the molecule is CCCN(CCO)c1nc(NC)ncc1F. The van der Waals surface area contributed by atoms with E-state index in [9.17, 15) is 4.39 Å². The van der Waals surface area contributed by atoms with Gasteiger partial charge in [-0.3, -0.25) is 0 Å². The van der Waals surface area contributed by atoms with Crippen molar-refractivity contribution in [2.75, 3.05) is 37.0 Å². The summed E-state index contributed by atoms with van der Waals surface area (Å²) in [5.41, 5.74) is 0. The Bertz CT molecular complexity index is 329. The van der Waals surface area contributed by atoms with Crippen molar-refractivity contribution in [1.82, 2.24) is 9.97 Å². The van der Waals surface area contributed by atoms with Gasteiger partial charge in [-0.25, -0.2) is 9.37 Å². The summed E-state index contributed by atoms with van der Waals surface area (Å²) < 4.78 is 13.5. The Kier molecular flexibility index (Phi) is 4.91. The highest BCUT2D eigenvalue weighted by Crippen LogP contribution is 2.17. The lowest BCUT2D eigenvalue weighted by molar-refractivity contribution is 0.301. The van der Waals surface area contributed by atoms with Crippen LogP contribution in [0.2, 0.25) is 0 Å². The number of aliphatic hydroxyl groups excluding tert-OH is 1. The van der Waals surface area contributed by atoms with Gasteiger partial charge in [0, 0.05) is 20.1 Å². The van der Waals surface area contributed by atoms with Crippen molar-refractivity contribution in [3.63, 3.8) is 0 Å². The number of anilines is 2. The first-order chi connectivity index (χ1) is 7.72. The lowest BCUT2D eigenvalue weighted by Gasteiger charge is -2.22. The molecule has 1 aromatic heterocycles. The van der Waals surface area contributed by atoms with Crippen molar-refractivity contribution in [1.29, 1.82) is 0 Å². The van der Waals surface area contributed by atoms with Gasteiger partial charge in [-0.15, -0.1) is 0 Å². The van der Waals surface area contributed by atoms with Gasteiger partial charge in [-0.1, -0.05) is 6.92 Å². The average Bonchev–Trinajstić information content (AvgIpc) is 2.29. The van der Waals surface area contributed by atoms with E-state index in [1.54, 1.807) is 11.9 Å². The third kappa shape index (κ3) is 3.03. The van der Waals surface area contributed by atoms with E-state index in [0.29, 0.717) is 19.0 Å². The van der Waals surface area contributed by atoms with Crippen LogP contribution in [-0.4, -0.2) is 41.8 Å². The second kappa shape index (κ2) is 6.22. The molecule has 0 unspecified atom stereocenters. The van der Waals surface area contributed by atoms with E-state index in [4.69, 9.17) is 5.11 Å². The number of hydrogen-bond acceptors (Lipinski definition) is 5. The van der Waals surface area contributed by atoms with E-state index < -0.39 is 5.82 Å². The van der Waals surface area contributed by atoms with Crippen LogP contribution in [0.4, 0.5) is 16.2 Å². The van der Waals surface area contributed by atoms with Crippen molar-refractivity contribution < 1.29 is 9.50 Å². The summed E-state index contributed by atoms with van der Waals surface area (Å²) >= 11 is 0. The Morgan fingerprint density at radius 2 is 2.25 bits per heavy atom. The van der Waals surface area contributed by atoms with E-state index in [1.165, 1.54) is 0 Å². The molecule has 1 aromatic rings. The Morgan fingerprint density at radius 1 is 1.50 bits per heavy atom. The molecule has 0 saturated heterocycles. The monoisotopic (exact) mass is 228 g/mol. The van der Waals surface area contributed by atoms with Gasteiger partial charge in [0.25, 0.3) is 0 Å². The second-order valence-corrected chi connectivity index (χ2v) is 3.33. The molecule has 0 aliphatic heterocycles. The van der Waals surface area contributed by atoms with E-state index in [2.05, 4.69) is 15.3 Å². The van der Waals surface area contributed by atoms with Gasteiger partial charge >= 0.3 is 0 Å². The van der Waals surface area contributed by atoms with Gasteiger partial charge in [-0.2, -0.15) is 4.98 Å². The molecule has 16 heavy (non-hydrogen) atoms. The Labute approximate surface area is 94.3 Å². The van der Waals surface area contributed by atoms with E-state index >= 15 is 0 Å². The zero-order chi connectivity index (χ0) is 12.0. The third-order valence-corrected chi connectivity index (χ3v) is 2.11. The Hall–Kier alpha value is -1.43. The van der Waals surface area contributed by atoms with Gasteiger partial charge in [0.15, 0.2) is 11.6 Å². The topological polar surface area (TPSA) is 61.3 Å². The van der Waals surface area contributed by atoms with Crippen LogP contribution in [0.15, 0.2) is 6.20 Å². The highest BCUT2D eigenvalue weighted by Gasteiger charge is 2.13. The van der Waals surface area contributed by atoms with Crippen LogP contribution in [0.25, 0.3) is 0 Å². The number of aromatic nitrogens is 2. The summed E-state index contributed by atoms with van der Waals surface area (Å²) in [5, 5.41) is 11.7. The van der Waals surface area contributed by atoms with Crippen molar-refractivity contribution in [3.05, 3.63) is 12.0 Å². The normalized spacial score (nSPS) is 10.2. The number of nitrogens with zero attached hydrogens (tertiary/aromatic N) is 3. The van der Waals surface area contributed by atoms with Crippen LogP contribution >= 0.6 is 0 Å². The molecule has 2 N–H and O–H groups in total. The van der Waals surface area contributed by atoms with Gasteiger partial charge < -0.3 is 15.3 Å². The van der Waals surface area contributed by atoms with Crippen LogP contribution in [0.1, 0.15) is 13.3 Å². The minimum atomic E-state index is -0.471. The number of aliphatic hydroxyl groups is 1. The third-order valence-electron chi connectivity index (χ3n) is 2.11. The van der Waals surface area contributed by atoms with Crippen molar-refractivity contribution in [2.45, 2.75) is 13.3 Å². The fraction of sp³-hybridized carbons (Fsp3) is 0.600. The van der Waals surface area contributed by atoms with E-state index in [0.717, 1.165) is 12.6 Å². The molecule has 0 radical (unpaired) electrons. The number of hydrogen-bond donors (Lipinski definition) is 2. The molecule has 0 spiro atoms. The number of rotatable bonds is 6. The smallest absolute Gasteiger partial charge is 0.224 e. The molecule has 5 nitrogen and oxygen atoms in total. The molecule has 0 fully saturated rings. The molecule has 0 aromatic carbocycles. The molecule has 1 heterocycles. The zero-order valence-electron chi connectivity index (χ0n) is 9.57. The first-order valence-corrected chi connectivity index (χ1v) is 5.29. The van der Waals surface area contributed by atoms with Crippen molar-refractivity contribution in [2.24, 2.45) is 0 Å². The predicted molar refractivity (Wildman–Crippen MR) is 61.1 cm³/mol. The molecule has 0 atom stereocenters. The molecule has 6 heteroatoms. The first-order valence-electron chi connectivity index (χ1n) is 5.29. The van der Waals surface area contributed by atoms with Gasteiger partial charge in [0.2, 0.25) is 5.95 Å². The van der Waals surface area contributed by atoms with Crippen molar-refractivity contribution in [3.8, 4) is 0 Å². The molecular weight excluding hydrogens is 211 g/mol. The van der Waals surface area contributed by atoms with E-state index in [1.807, 2.05) is 6.92 Å². The average molecular weight is 228 g/mol. The van der Waals surface area contributed by atoms with Crippen LogP contribution in [0, 0.1) is 5.82 Å². The van der Waals surface area contributed by atoms with Crippen LogP contribution < -0.4 is 10.2 Å². The maximum absolute atomic E-state index is 13.5. The van der Waals surface area contributed by atoms with E-state index in [-0.39, 0.29) is 12.4 Å². The summed E-state index contributed by atoms with van der Waals surface area (Å²) in [4.78, 5) is 9.53. The molecular formula is C10H17FN4O. The van der Waals surface area contributed by atoms with Gasteiger partial charge in [-0.05, 0) is 6.42 Å². The highest BCUT2D eigenvalue weighted by atomic mass is 19.1. The van der Waals surface area contributed by atoms with Crippen LogP contribution in [-0.2, 0) is 0 Å². The molecule has 1 rings (SSSR count). The fourth-order valence-corrected chi connectivity index (χ4v) is 1.41. The highest BCUT2D eigenvalue weighted by molar-refractivity contribution is 5.43. The van der Waals surface area contributed by atoms with Gasteiger partial charge in [0.1, 0.15) is 0 Å². The lowest BCUT2D eigenvalue weighted by atomic mass is 10.4. The molecule has 0 aliphatic rings. The molecule has 0 aliphatic carbocycles. The maximum Gasteiger partial charge on any atom is 0.224 e. The maximum atomic E-state index is 13.5. The minimum Gasteiger partial charge on any atom is -0.395 e. The summed E-state index contributed by atoms with van der Waals surface area (Å²) in [7, 11) is 1.67. The number of nitrogens with one attached hydrogen (secondary N) is 1. The summed E-state index contributed by atoms with van der Waals surface area (Å²) in [6.45, 7) is 2.98. The van der Waals surface area contributed by atoms with Crippen LogP contribution in [0.5, 0.6) is 0 Å². The summed E-state index contributed by atoms with van der Waals surface area (Å²) in [5.74, 6) is 0.131. The summed E-state index contributed by atoms with van der Waals surface area (Å²) in [6, 6.07) is 0. The fourth-order valence-electron chi connectivity index (χ4n) is 1.41.